The first-order valence-electron chi connectivity index (χ1n) is 10.3. The van der Waals surface area contributed by atoms with Crippen molar-refractivity contribution in [3.8, 4) is 11.5 Å². The van der Waals surface area contributed by atoms with E-state index < -0.39 is 0 Å². The summed E-state index contributed by atoms with van der Waals surface area (Å²) in [5.41, 5.74) is 0.587. The first kappa shape index (κ1) is 23.9. The van der Waals surface area contributed by atoms with Crippen LogP contribution >= 0.6 is 23.4 Å². The highest BCUT2D eigenvalue weighted by atomic mass is 35.5. The molecule has 1 N–H and O–H groups in total. The zero-order valence-corrected chi connectivity index (χ0v) is 20.1. The number of carbonyl (C=O) groups excluding carboxylic acids is 1. The van der Waals surface area contributed by atoms with Gasteiger partial charge in [-0.2, -0.15) is 0 Å². The lowest BCUT2D eigenvalue weighted by Gasteiger charge is -2.18. The molecule has 3 aromatic rings. The number of amides is 1. The zero-order valence-electron chi connectivity index (χ0n) is 18.5. The van der Waals surface area contributed by atoms with Gasteiger partial charge in [0.25, 0.3) is 0 Å². The Morgan fingerprint density at radius 1 is 1.12 bits per heavy atom. The number of hydrogen-bond donors (Lipinski definition) is 1. The van der Waals surface area contributed by atoms with E-state index in [1.54, 1.807) is 19.2 Å². The Morgan fingerprint density at radius 3 is 2.59 bits per heavy atom. The highest BCUT2D eigenvalue weighted by Crippen LogP contribution is 2.28. The molecule has 1 atom stereocenters. The number of ether oxygens (including phenoxy) is 2. The lowest BCUT2D eigenvalue weighted by atomic mass is 10.2. The summed E-state index contributed by atoms with van der Waals surface area (Å²) in [6.07, 6.45) is -0.334. The van der Waals surface area contributed by atoms with Crippen molar-refractivity contribution in [2.75, 3.05) is 18.2 Å². The maximum Gasteiger partial charge on any atom is 0.234 e. The summed E-state index contributed by atoms with van der Waals surface area (Å²) in [5.74, 6) is 2.50. The molecule has 7 nitrogen and oxygen atoms in total. The summed E-state index contributed by atoms with van der Waals surface area (Å²) in [5, 5.41) is 12.7. The number of hydrogen-bond acceptors (Lipinski definition) is 6. The van der Waals surface area contributed by atoms with Crippen LogP contribution in [-0.4, -0.2) is 33.5 Å². The summed E-state index contributed by atoms with van der Waals surface area (Å²) < 4.78 is 13.4. The van der Waals surface area contributed by atoms with E-state index in [1.165, 1.54) is 11.8 Å². The Kier molecular flexibility index (Phi) is 8.41. The van der Waals surface area contributed by atoms with Crippen LogP contribution in [0.1, 0.15) is 32.7 Å². The van der Waals surface area contributed by atoms with Gasteiger partial charge in [-0.25, -0.2) is 0 Å². The van der Waals surface area contributed by atoms with Gasteiger partial charge in [0, 0.05) is 12.6 Å². The van der Waals surface area contributed by atoms with Crippen molar-refractivity contribution in [1.82, 2.24) is 14.8 Å². The molecule has 0 saturated heterocycles. The molecular formula is C23H27ClN4O3S. The molecule has 0 bridgehead atoms. The van der Waals surface area contributed by atoms with E-state index >= 15 is 0 Å². The summed E-state index contributed by atoms with van der Waals surface area (Å²) in [6, 6.07) is 14.6. The SMILES string of the molecule is COc1cccc(OC(C)c2nnc(SCC(=O)Nc3ccccc3Cl)n2CC(C)C)c1. The quantitative estimate of drug-likeness (QED) is 0.393. The van der Waals surface area contributed by atoms with Crippen LogP contribution in [0.25, 0.3) is 0 Å². The van der Waals surface area contributed by atoms with Crippen molar-refractivity contribution in [2.45, 2.75) is 38.6 Å². The van der Waals surface area contributed by atoms with Crippen LogP contribution in [0.3, 0.4) is 0 Å². The third-order valence-electron chi connectivity index (χ3n) is 4.49. The lowest BCUT2D eigenvalue weighted by Crippen LogP contribution is -2.17. The molecule has 0 radical (unpaired) electrons. The molecule has 2 aromatic carbocycles. The van der Waals surface area contributed by atoms with E-state index in [9.17, 15) is 4.79 Å². The number of benzene rings is 2. The van der Waals surface area contributed by atoms with Crippen LogP contribution in [-0.2, 0) is 11.3 Å². The average Bonchev–Trinajstić information content (AvgIpc) is 3.16. The van der Waals surface area contributed by atoms with Gasteiger partial charge >= 0.3 is 0 Å². The Morgan fingerprint density at radius 2 is 1.88 bits per heavy atom. The van der Waals surface area contributed by atoms with E-state index in [0.717, 1.165) is 5.75 Å². The fourth-order valence-electron chi connectivity index (χ4n) is 3.05. The third kappa shape index (κ3) is 6.40. The van der Waals surface area contributed by atoms with Crippen molar-refractivity contribution >= 4 is 35.0 Å². The van der Waals surface area contributed by atoms with Crippen LogP contribution in [0.15, 0.2) is 53.7 Å². The number of thioether (sulfide) groups is 1. The Hall–Kier alpha value is -2.71. The topological polar surface area (TPSA) is 78.3 Å². The number of nitrogens with one attached hydrogen (secondary N) is 1. The number of carbonyl (C=O) groups is 1. The molecule has 1 unspecified atom stereocenters. The standard InChI is InChI=1S/C23H27ClN4O3S/c1-15(2)13-28-22(16(3)31-18-9-7-8-17(12-18)30-4)26-27-23(28)32-14-21(29)25-20-11-6-5-10-19(20)24/h5-12,15-16H,13-14H2,1-4H3,(H,25,29). The molecule has 0 aliphatic heterocycles. The third-order valence-corrected chi connectivity index (χ3v) is 5.79. The number of anilines is 1. The molecule has 32 heavy (non-hydrogen) atoms. The molecule has 1 amide bonds. The number of rotatable bonds is 10. The summed E-state index contributed by atoms with van der Waals surface area (Å²) in [7, 11) is 1.62. The van der Waals surface area contributed by atoms with Gasteiger partial charge in [0.1, 0.15) is 11.5 Å². The second-order valence-electron chi connectivity index (χ2n) is 7.60. The number of nitrogens with zero attached hydrogens (tertiary/aromatic N) is 3. The maximum absolute atomic E-state index is 12.4. The smallest absolute Gasteiger partial charge is 0.234 e. The summed E-state index contributed by atoms with van der Waals surface area (Å²) in [6.45, 7) is 6.88. The van der Waals surface area contributed by atoms with Crippen LogP contribution < -0.4 is 14.8 Å². The molecule has 9 heteroatoms. The molecule has 170 valence electrons. The van der Waals surface area contributed by atoms with Crippen molar-refractivity contribution in [2.24, 2.45) is 5.92 Å². The van der Waals surface area contributed by atoms with E-state index in [1.807, 2.05) is 47.9 Å². The van der Waals surface area contributed by atoms with Crippen LogP contribution in [0, 0.1) is 5.92 Å². The Labute approximate surface area is 197 Å². The molecule has 0 aliphatic rings. The number of para-hydroxylation sites is 1. The molecule has 0 saturated carbocycles. The number of methoxy groups -OCH3 is 1. The number of halogens is 1. The fourth-order valence-corrected chi connectivity index (χ4v) is 3.99. The van der Waals surface area contributed by atoms with Crippen molar-refractivity contribution in [3.63, 3.8) is 0 Å². The van der Waals surface area contributed by atoms with Gasteiger partial charge in [0.2, 0.25) is 5.91 Å². The van der Waals surface area contributed by atoms with Gasteiger partial charge in [0.15, 0.2) is 17.1 Å². The molecule has 1 aromatic heterocycles. The predicted molar refractivity (Wildman–Crippen MR) is 128 cm³/mol. The molecule has 0 aliphatic carbocycles. The lowest BCUT2D eigenvalue weighted by molar-refractivity contribution is -0.113. The van der Waals surface area contributed by atoms with Crippen LogP contribution in [0.5, 0.6) is 11.5 Å². The van der Waals surface area contributed by atoms with E-state index in [4.69, 9.17) is 21.1 Å². The highest BCUT2D eigenvalue weighted by Gasteiger charge is 2.21. The predicted octanol–water partition coefficient (Wildman–Crippen LogP) is 5.47. The fraction of sp³-hybridized carbons (Fsp3) is 0.348. The van der Waals surface area contributed by atoms with Gasteiger partial charge < -0.3 is 19.4 Å². The minimum absolute atomic E-state index is 0.163. The highest BCUT2D eigenvalue weighted by molar-refractivity contribution is 7.99. The van der Waals surface area contributed by atoms with Crippen molar-refractivity contribution in [1.29, 1.82) is 0 Å². The Balaban J connectivity index is 1.71. The minimum Gasteiger partial charge on any atom is -0.497 e. The first-order chi connectivity index (χ1) is 15.4. The van der Waals surface area contributed by atoms with Crippen molar-refractivity contribution < 1.29 is 14.3 Å². The summed E-state index contributed by atoms with van der Waals surface area (Å²) in [4.78, 5) is 12.4. The summed E-state index contributed by atoms with van der Waals surface area (Å²) >= 11 is 7.45. The molecule has 0 spiro atoms. The second-order valence-corrected chi connectivity index (χ2v) is 8.95. The van der Waals surface area contributed by atoms with Gasteiger partial charge in [-0.1, -0.05) is 55.4 Å². The van der Waals surface area contributed by atoms with Crippen molar-refractivity contribution in [3.05, 3.63) is 59.4 Å². The second kappa shape index (κ2) is 11.2. The average molecular weight is 475 g/mol. The minimum atomic E-state index is -0.334. The van der Waals surface area contributed by atoms with Crippen LogP contribution in [0.2, 0.25) is 5.02 Å². The maximum atomic E-state index is 12.4. The van der Waals surface area contributed by atoms with Gasteiger partial charge in [-0.05, 0) is 37.1 Å². The molecule has 3 rings (SSSR count). The van der Waals surface area contributed by atoms with Gasteiger partial charge in [-0.15, -0.1) is 10.2 Å². The molecule has 1 heterocycles. The zero-order chi connectivity index (χ0) is 23.1. The first-order valence-corrected chi connectivity index (χ1v) is 11.6. The Bertz CT molecular complexity index is 1060. The molecular weight excluding hydrogens is 448 g/mol. The number of aromatic nitrogens is 3. The van der Waals surface area contributed by atoms with E-state index in [0.29, 0.717) is 39.9 Å². The van der Waals surface area contributed by atoms with Gasteiger partial charge in [0.05, 0.1) is 23.6 Å². The monoisotopic (exact) mass is 474 g/mol. The normalized spacial score (nSPS) is 11.9. The largest absolute Gasteiger partial charge is 0.497 e. The van der Waals surface area contributed by atoms with E-state index in [2.05, 4.69) is 29.4 Å². The van der Waals surface area contributed by atoms with Gasteiger partial charge in [-0.3, -0.25) is 4.79 Å². The van der Waals surface area contributed by atoms with Crippen LogP contribution in [0.4, 0.5) is 5.69 Å². The van der Waals surface area contributed by atoms with E-state index in [-0.39, 0.29) is 17.8 Å². The molecule has 0 fully saturated rings.